The highest BCUT2D eigenvalue weighted by Gasteiger charge is 2.12. The highest BCUT2D eigenvalue weighted by molar-refractivity contribution is 14.1. The van der Waals surface area contributed by atoms with Crippen molar-refractivity contribution in [3.8, 4) is 11.5 Å². The van der Waals surface area contributed by atoms with Crippen LogP contribution < -0.4 is 5.32 Å². The fourth-order valence-electron chi connectivity index (χ4n) is 1.67. The fraction of sp³-hybridized carbons (Fsp3) is 0.308. The normalized spacial score (nSPS) is 10.4. The van der Waals surface area contributed by atoms with Gasteiger partial charge in [-0.2, -0.15) is 0 Å². The summed E-state index contributed by atoms with van der Waals surface area (Å²) in [6.07, 6.45) is 2.67. The van der Waals surface area contributed by atoms with Crippen molar-refractivity contribution in [2.75, 3.05) is 12.4 Å². The average molecular weight is 354 g/mol. The zero-order valence-electron chi connectivity index (χ0n) is 10.7. The van der Waals surface area contributed by atoms with E-state index in [9.17, 15) is 0 Å². The van der Waals surface area contributed by atoms with Gasteiger partial charge in [0, 0.05) is 13.2 Å². The summed E-state index contributed by atoms with van der Waals surface area (Å²) in [5.41, 5.74) is 3.03. The second-order valence-electron chi connectivity index (χ2n) is 3.98. The molecule has 0 amide bonds. The Kier molecular flexibility index (Phi) is 4.11. The van der Waals surface area contributed by atoms with Gasteiger partial charge in [0.1, 0.15) is 11.5 Å². The highest BCUT2D eigenvalue weighted by atomic mass is 127. The lowest BCUT2D eigenvalue weighted by atomic mass is 10.2. The molecule has 18 heavy (non-hydrogen) atoms. The van der Waals surface area contributed by atoms with Crippen molar-refractivity contribution in [2.45, 2.75) is 20.3 Å². The predicted octanol–water partition coefficient (Wildman–Crippen LogP) is 3.06. The molecule has 1 N–H and O–H groups in total. The van der Waals surface area contributed by atoms with Gasteiger partial charge in [-0.3, -0.25) is 4.98 Å². The maximum absolute atomic E-state index is 4.59. The second-order valence-corrected chi connectivity index (χ2v) is 5.06. The number of hydrogen-bond acceptors (Lipinski definition) is 4. The van der Waals surface area contributed by atoms with E-state index >= 15 is 0 Å². The number of aryl methyl sites for hydroxylation is 2. The molecule has 0 aliphatic carbocycles. The zero-order valence-corrected chi connectivity index (χ0v) is 12.8. The first kappa shape index (κ1) is 13.2. The maximum Gasteiger partial charge on any atom is 0.180 e. The molecule has 2 aromatic heterocycles. The molecule has 2 heterocycles. The van der Waals surface area contributed by atoms with Crippen molar-refractivity contribution in [3.63, 3.8) is 0 Å². The molecule has 0 saturated carbocycles. The van der Waals surface area contributed by atoms with Gasteiger partial charge in [-0.05, 0) is 53.6 Å². The van der Waals surface area contributed by atoms with E-state index in [1.54, 1.807) is 6.20 Å². The van der Waals surface area contributed by atoms with Gasteiger partial charge < -0.3 is 5.32 Å². The second kappa shape index (κ2) is 5.60. The van der Waals surface area contributed by atoms with Crippen LogP contribution in [0.2, 0.25) is 0 Å². The number of anilines is 1. The summed E-state index contributed by atoms with van der Waals surface area (Å²) >= 11 is 2.28. The SMILES string of the molecule is CCc1nc(-c2cc(C)ccn2)nc(NC)c1I. The minimum Gasteiger partial charge on any atom is -0.372 e. The number of pyridine rings is 1. The summed E-state index contributed by atoms with van der Waals surface area (Å²) in [4.78, 5) is 13.4. The number of nitrogens with one attached hydrogen (secondary N) is 1. The van der Waals surface area contributed by atoms with Crippen molar-refractivity contribution >= 4 is 28.4 Å². The molecule has 0 aromatic carbocycles. The summed E-state index contributed by atoms with van der Waals surface area (Å²) in [6, 6.07) is 3.97. The third-order valence-corrected chi connectivity index (χ3v) is 3.77. The van der Waals surface area contributed by atoms with E-state index in [2.05, 4.69) is 49.8 Å². The van der Waals surface area contributed by atoms with Crippen molar-refractivity contribution in [1.82, 2.24) is 15.0 Å². The first-order valence-corrected chi connectivity index (χ1v) is 6.90. The van der Waals surface area contributed by atoms with Crippen molar-refractivity contribution in [1.29, 1.82) is 0 Å². The van der Waals surface area contributed by atoms with Gasteiger partial charge in [0.2, 0.25) is 0 Å². The van der Waals surface area contributed by atoms with Crippen molar-refractivity contribution in [2.24, 2.45) is 0 Å². The van der Waals surface area contributed by atoms with Crippen LogP contribution in [0.15, 0.2) is 18.3 Å². The Labute approximate surface area is 120 Å². The lowest BCUT2D eigenvalue weighted by Crippen LogP contribution is -2.05. The monoisotopic (exact) mass is 354 g/mol. The molecular formula is C13H15IN4. The van der Waals surface area contributed by atoms with Crippen LogP contribution in [0, 0.1) is 10.5 Å². The van der Waals surface area contributed by atoms with E-state index in [4.69, 9.17) is 0 Å². The van der Waals surface area contributed by atoms with Crippen LogP contribution in [0.4, 0.5) is 5.82 Å². The van der Waals surface area contributed by atoms with E-state index in [0.29, 0.717) is 5.82 Å². The Morgan fingerprint density at radius 3 is 2.72 bits per heavy atom. The Morgan fingerprint density at radius 1 is 1.33 bits per heavy atom. The maximum atomic E-state index is 4.59. The van der Waals surface area contributed by atoms with Gasteiger partial charge in [-0.25, -0.2) is 9.97 Å². The molecule has 0 aliphatic rings. The third-order valence-electron chi connectivity index (χ3n) is 2.64. The first-order valence-electron chi connectivity index (χ1n) is 5.83. The first-order chi connectivity index (χ1) is 8.65. The van der Waals surface area contributed by atoms with E-state index in [0.717, 1.165) is 32.8 Å². The minimum atomic E-state index is 0.681. The molecule has 2 aromatic rings. The van der Waals surface area contributed by atoms with Crippen LogP contribution in [-0.4, -0.2) is 22.0 Å². The number of hydrogen-bond donors (Lipinski definition) is 1. The van der Waals surface area contributed by atoms with E-state index in [-0.39, 0.29) is 0 Å². The fourth-order valence-corrected chi connectivity index (χ4v) is 2.56. The van der Waals surface area contributed by atoms with Crippen molar-refractivity contribution < 1.29 is 0 Å². The largest absolute Gasteiger partial charge is 0.372 e. The predicted molar refractivity (Wildman–Crippen MR) is 81.6 cm³/mol. The standard InChI is InChI=1S/C13H15IN4/c1-4-9-11(14)13(15-3)18-12(17-9)10-7-8(2)5-6-16-10/h5-7H,4H2,1-3H3,(H,15,17,18). The minimum absolute atomic E-state index is 0.681. The molecule has 0 radical (unpaired) electrons. The van der Waals surface area contributed by atoms with Gasteiger partial charge in [0.05, 0.1) is 9.26 Å². The van der Waals surface area contributed by atoms with Crippen LogP contribution in [-0.2, 0) is 6.42 Å². The summed E-state index contributed by atoms with van der Waals surface area (Å²) in [5, 5.41) is 3.11. The molecule has 0 unspecified atom stereocenters. The number of nitrogens with zero attached hydrogens (tertiary/aromatic N) is 3. The van der Waals surface area contributed by atoms with E-state index in [1.165, 1.54) is 0 Å². The summed E-state index contributed by atoms with van der Waals surface area (Å²) in [7, 11) is 1.87. The number of rotatable bonds is 3. The van der Waals surface area contributed by atoms with Crippen molar-refractivity contribution in [3.05, 3.63) is 33.2 Å². The molecule has 0 bridgehead atoms. The molecule has 0 atom stereocenters. The Hall–Kier alpha value is -1.24. The van der Waals surface area contributed by atoms with Gasteiger partial charge >= 0.3 is 0 Å². The topological polar surface area (TPSA) is 50.7 Å². The molecule has 2 rings (SSSR count). The molecule has 94 valence electrons. The van der Waals surface area contributed by atoms with Gasteiger partial charge in [-0.15, -0.1) is 0 Å². The number of aromatic nitrogens is 3. The highest BCUT2D eigenvalue weighted by Crippen LogP contribution is 2.23. The average Bonchev–Trinajstić information content (AvgIpc) is 2.39. The molecule has 0 aliphatic heterocycles. The molecule has 0 spiro atoms. The third kappa shape index (κ3) is 2.60. The van der Waals surface area contributed by atoms with E-state index < -0.39 is 0 Å². The van der Waals surface area contributed by atoms with Gasteiger partial charge in [0.25, 0.3) is 0 Å². The quantitative estimate of drug-likeness (QED) is 0.861. The summed E-state index contributed by atoms with van der Waals surface area (Å²) in [6.45, 7) is 4.13. The molecule has 5 heteroatoms. The lowest BCUT2D eigenvalue weighted by Gasteiger charge is -2.09. The van der Waals surface area contributed by atoms with Crippen LogP contribution in [0.3, 0.4) is 0 Å². The van der Waals surface area contributed by atoms with Gasteiger partial charge in [-0.1, -0.05) is 6.92 Å². The Bertz CT molecular complexity index is 544. The smallest absolute Gasteiger partial charge is 0.180 e. The molecule has 0 saturated heterocycles. The van der Waals surface area contributed by atoms with Crippen LogP contribution in [0.5, 0.6) is 0 Å². The van der Waals surface area contributed by atoms with E-state index in [1.807, 2.05) is 26.1 Å². The van der Waals surface area contributed by atoms with Gasteiger partial charge in [0.15, 0.2) is 5.82 Å². The van der Waals surface area contributed by atoms with Crippen LogP contribution >= 0.6 is 22.6 Å². The van der Waals surface area contributed by atoms with Crippen LogP contribution in [0.1, 0.15) is 18.2 Å². The Balaban J connectivity index is 2.58. The zero-order chi connectivity index (χ0) is 13.1. The molecule has 0 fully saturated rings. The number of halogens is 1. The van der Waals surface area contributed by atoms with Crippen LogP contribution in [0.25, 0.3) is 11.5 Å². The Morgan fingerprint density at radius 2 is 2.11 bits per heavy atom. The molecular weight excluding hydrogens is 339 g/mol. The summed E-state index contributed by atoms with van der Waals surface area (Å²) < 4.78 is 1.08. The summed E-state index contributed by atoms with van der Waals surface area (Å²) in [5.74, 6) is 1.54. The lowest BCUT2D eigenvalue weighted by molar-refractivity contribution is 0.982. The molecule has 4 nitrogen and oxygen atoms in total.